The standard InChI is InChI=1S/C56H57N.C51H54N2.C37H27NO/c1-5-7-9-17-35-56(36-18-10-8-6-2)52-24-16-14-22-48(52)50-34-32-46(39-54(50)56)57(45-31-33-49-47-21-13-15-23-51(47)55(3,4)53(49)38-45)44-29-27-41(28-30-44)43-26-25-40-19-11-12-20-42(40)37-43;1-5-7-9-15-31-51(32-16-10-8-6-2)47-22-14-12-20-43(47)45-30-28-41(35-49(45)51)53(39-25-23-37(24-26-39)38-18-17-33-52-36-38)40-27-29-44-42-19-11-13-21-46(42)50(3,4)48(44)34-40;1-37(2)33-13-7-5-11-29(33)30-19-17-28(23-34(30)37)38(26-16-15-24-9-3-4-10-25(24)21-26)27-18-20-36-32(22-27)31-12-6-8-14-35(31)39-36/h11-16,19-34,37-39H,5-10,17-18,35-36H2,1-4H3;11-14,17-30,33-36H,5-10,15-16,31-32H2,1-4H3;3-23H,1-2H3. The van der Waals surface area contributed by atoms with Crippen LogP contribution in [0, 0.1) is 0 Å². The van der Waals surface area contributed by atoms with Gasteiger partial charge in [-0.25, -0.2) is 0 Å². The summed E-state index contributed by atoms with van der Waals surface area (Å²) in [4.78, 5) is 11.8. The van der Waals surface area contributed by atoms with Gasteiger partial charge in [0.05, 0.1) is 0 Å². The molecule has 0 radical (unpaired) electrons. The van der Waals surface area contributed by atoms with Crippen LogP contribution in [0.4, 0.5) is 51.2 Å². The second kappa shape index (κ2) is 41.2. The van der Waals surface area contributed by atoms with Gasteiger partial charge in [-0.05, 0) is 314 Å². The van der Waals surface area contributed by atoms with Crippen LogP contribution in [0.25, 0.3) is 121 Å². The van der Waals surface area contributed by atoms with E-state index in [4.69, 9.17) is 4.42 Å². The fourth-order valence-electron chi connectivity index (χ4n) is 26.4. The molecule has 0 saturated carbocycles. The first kappa shape index (κ1) is 97.2. The molecule has 18 aromatic carbocycles. The quantitative estimate of drug-likeness (QED) is 0.0405. The molecule has 0 aliphatic heterocycles. The van der Waals surface area contributed by atoms with E-state index in [9.17, 15) is 0 Å². The normalized spacial score (nSPS) is 14.1. The number of aromatic nitrogens is 1. The van der Waals surface area contributed by atoms with Gasteiger partial charge in [0.2, 0.25) is 0 Å². The van der Waals surface area contributed by atoms with Crippen molar-refractivity contribution in [3.8, 4) is 77.9 Å². The van der Waals surface area contributed by atoms with Crippen molar-refractivity contribution in [3.63, 3.8) is 0 Å². The lowest BCUT2D eigenvalue weighted by Gasteiger charge is -2.34. The summed E-state index contributed by atoms with van der Waals surface area (Å²) in [7, 11) is 0. The summed E-state index contributed by atoms with van der Waals surface area (Å²) < 4.78 is 6.16. The van der Waals surface area contributed by atoms with Crippen molar-refractivity contribution in [2.45, 2.75) is 225 Å². The molecule has 2 aromatic heterocycles. The predicted molar refractivity (Wildman–Crippen MR) is 634 cm³/mol. The summed E-state index contributed by atoms with van der Waals surface area (Å²) in [6.45, 7) is 23.5. The van der Waals surface area contributed by atoms with Crippen LogP contribution in [0.1, 0.15) is 253 Å². The molecule has 20 aromatic rings. The van der Waals surface area contributed by atoms with Crippen LogP contribution < -0.4 is 14.7 Å². The maximum Gasteiger partial charge on any atom is 0.135 e. The average molecular weight is 1940 g/mol. The fraction of sp³-hybridized carbons (Fsp3) is 0.243. The number of unbranched alkanes of at least 4 members (excludes halogenated alkanes) is 12. The largest absolute Gasteiger partial charge is 0.456 e. The predicted octanol–water partition coefficient (Wildman–Crippen LogP) is 41.7. The van der Waals surface area contributed by atoms with Gasteiger partial charge in [0, 0.05) is 101 Å². The fourth-order valence-corrected chi connectivity index (χ4v) is 26.4. The number of pyridine rings is 1. The van der Waals surface area contributed by atoms with Crippen molar-refractivity contribution < 1.29 is 4.42 Å². The second-order valence-electron chi connectivity index (χ2n) is 44.4. The van der Waals surface area contributed by atoms with Gasteiger partial charge in [0.1, 0.15) is 11.2 Å². The molecule has 0 bridgehead atoms. The number of fused-ring (bicyclic) bond motifs is 20. The maximum atomic E-state index is 6.16. The Labute approximate surface area is 883 Å². The van der Waals surface area contributed by atoms with Crippen LogP contribution in [-0.4, -0.2) is 4.98 Å². The molecule has 0 amide bonds. The molecular formula is C144H138N4O. The molecule has 5 nitrogen and oxygen atoms in total. The molecule has 0 fully saturated rings. The molecule has 2 heterocycles. The molecule has 25 rings (SSSR count). The van der Waals surface area contributed by atoms with Crippen LogP contribution in [0.15, 0.2) is 417 Å². The van der Waals surface area contributed by atoms with Gasteiger partial charge < -0.3 is 19.1 Å². The SMILES string of the molecule is CC1(C)c2ccccc2-c2ccc(N(c3ccc4ccccc4c3)c3ccc4oc5ccccc5c4c3)cc21.CCCCCCC1(CCCCCC)c2ccccc2-c2ccc(N(c3ccc(-c4ccc5ccccc5c4)cc3)c3ccc4c(c3)C(C)(C)c3ccccc3-4)cc21.CCCCCCC1(CCCCCC)c2ccccc2-c2ccc(N(c3ccc(-c4cccnc4)cc3)c3ccc4c(c3)C(C)(C)c3ccccc3-4)cc21. The van der Waals surface area contributed by atoms with Gasteiger partial charge in [-0.1, -0.05) is 439 Å². The number of hydrogen-bond donors (Lipinski definition) is 0. The Bertz CT molecular complexity index is 8310. The van der Waals surface area contributed by atoms with Crippen LogP contribution in [0.5, 0.6) is 0 Å². The number of anilines is 9. The van der Waals surface area contributed by atoms with Crippen molar-refractivity contribution in [1.82, 2.24) is 4.98 Å². The van der Waals surface area contributed by atoms with E-state index in [0.717, 1.165) is 50.3 Å². The first-order chi connectivity index (χ1) is 73.0. The Morgan fingerprint density at radius 2 is 0.497 bits per heavy atom. The van der Waals surface area contributed by atoms with E-state index in [1.807, 2.05) is 30.6 Å². The highest BCUT2D eigenvalue weighted by Crippen LogP contribution is 2.61. The Hall–Kier alpha value is -15.2. The topological polar surface area (TPSA) is 35.8 Å². The van der Waals surface area contributed by atoms with Crippen LogP contribution in [-0.2, 0) is 27.1 Å². The summed E-state index contributed by atoms with van der Waals surface area (Å²) in [5, 5.41) is 7.28. The van der Waals surface area contributed by atoms with E-state index in [0.29, 0.717) is 0 Å². The van der Waals surface area contributed by atoms with E-state index in [-0.39, 0.29) is 27.1 Å². The first-order valence-electron chi connectivity index (χ1n) is 55.6. The minimum Gasteiger partial charge on any atom is -0.456 e. The third-order valence-electron chi connectivity index (χ3n) is 34.3. The average Bonchev–Trinajstić information content (AvgIpc) is 1.57. The Morgan fingerprint density at radius 1 is 0.201 bits per heavy atom. The third kappa shape index (κ3) is 17.9. The van der Waals surface area contributed by atoms with Gasteiger partial charge >= 0.3 is 0 Å². The zero-order valence-electron chi connectivity index (χ0n) is 88.6. The number of benzene rings is 18. The highest BCUT2D eigenvalue weighted by atomic mass is 16.3. The molecule has 5 aliphatic carbocycles. The van der Waals surface area contributed by atoms with Gasteiger partial charge in [0.15, 0.2) is 0 Å². The van der Waals surface area contributed by atoms with E-state index in [1.54, 1.807) is 11.1 Å². The van der Waals surface area contributed by atoms with E-state index in [2.05, 4.69) is 471 Å². The van der Waals surface area contributed by atoms with Crippen LogP contribution in [0.2, 0.25) is 0 Å². The molecule has 149 heavy (non-hydrogen) atoms. The summed E-state index contributed by atoms with van der Waals surface area (Å²) in [5.74, 6) is 0. The van der Waals surface area contributed by atoms with Gasteiger partial charge in [-0.2, -0.15) is 0 Å². The maximum absolute atomic E-state index is 6.16. The third-order valence-corrected chi connectivity index (χ3v) is 34.3. The van der Waals surface area contributed by atoms with Crippen LogP contribution in [0.3, 0.4) is 0 Å². The first-order valence-corrected chi connectivity index (χ1v) is 55.6. The highest BCUT2D eigenvalue weighted by Gasteiger charge is 2.46. The van der Waals surface area contributed by atoms with E-state index >= 15 is 0 Å². The van der Waals surface area contributed by atoms with Gasteiger partial charge in [0.25, 0.3) is 0 Å². The van der Waals surface area contributed by atoms with E-state index < -0.39 is 0 Å². The molecular weight excluding hydrogens is 1800 g/mol. The zero-order valence-corrected chi connectivity index (χ0v) is 88.6. The zero-order chi connectivity index (χ0) is 102. The van der Waals surface area contributed by atoms with Crippen molar-refractivity contribution in [3.05, 3.63) is 468 Å². The highest BCUT2D eigenvalue weighted by molar-refractivity contribution is 6.07. The second-order valence-corrected chi connectivity index (χ2v) is 44.4. The van der Waals surface area contributed by atoms with Gasteiger partial charge in [-0.3, -0.25) is 4.98 Å². The molecule has 0 unspecified atom stereocenters. The summed E-state index contributed by atoms with van der Waals surface area (Å²) in [6.07, 6.45) is 29.1. The van der Waals surface area contributed by atoms with Gasteiger partial charge in [-0.15, -0.1) is 0 Å². The number of rotatable bonds is 31. The lowest BCUT2D eigenvalue weighted by molar-refractivity contribution is 0.401. The molecule has 0 N–H and O–H groups in total. The molecule has 5 heteroatoms. The summed E-state index contributed by atoms with van der Waals surface area (Å²) in [6, 6.07) is 150. The molecule has 0 saturated heterocycles. The van der Waals surface area contributed by atoms with Crippen molar-refractivity contribution in [2.24, 2.45) is 0 Å². The minimum absolute atomic E-state index is 0.0244. The lowest BCUT2D eigenvalue weighted by atomic mass is 9.70. The van der Waals surface area contributed by atoms with Crippen molar-refractivity contribution in [1.29, 1.82) is 0 Å². The number of furan rings is 1. The number of para-hydroxylation sites is 1. The minimum atomic E-state index is -0.0841. The molecule has 5 aliphatic rings. The van der Waals surface area contributed by atoms with E-state index in [1.165, 1.54) is 295 Å². The lowest BCUT2D eigenvalue weighted by Crippen LogP contribution is -2.26. The summed E-state index contributed by atoms with van der Waals surface area (Å²) >= 11 is 0. The number of nitrogens with zero attached hydrogens (tertiary/aromatic N) is 4. The monoisotopic (exact) mass is 1940 g/mol. The van der Waals surface area contributed by atoms with Crippen molar-refractivity contribution in [2.75, 3.05) is 14.7 Å². The molecule has 740 valence electrons. The Morgan fingerprint density at radius 3 is 0.913 bits per heavy atom. The molecule has 0 spiro atoms. The Balaban J connectivity index is 0.000000125. The smallest absolute Gasteiger partial charge is 0.135 e. The number of hydrogen-bond acceptors (Lipinski definition) is 5. The van der Waals surface area contributed by atoms with Crippen molar-refractivity contribution >= 4 is 94.7 Å². The Kier molecular flexibility index (Phi) is 26.9. The molecule has 0 atom stereocenters. The van der Waals surface area contributed by atoms with Crippen LogP contribution >= 0.6 is 0 Å². The summed E-state index contributed by atoms with van der Waals surface area (Å²) in [5.41, 5.74) is 45.4.